The summed E-state index contributed by atoms with van der Waals surface area (Å²) in [6, 6.07) is 12.7. The molecule has 0 aliphatic heterocycles. The van der Waals surface area contributed by atoms with Crippen LogP contribution in [0, 0.1) is 5.82 Å². The number of hydrogen-bond donors (Lipinski definition) is 1. The molecule has 2 rings (SSSR count). The third-order valence-corrected chi connectivity index (χ3v) is 3.66. The molecule has 112 valence electrons. The van der Waals surface area contributed by atoms with Crippen LogP contribution in [0.4, 0.5) is 4.39 Å². The second kappa shape index (κ2) is 7.43. The Kier molecular flexibility index (Phi) is 5.59. The Morgan fingerprint density at radius 1 is 1.19 bits per heavy atom. The topological polar surface area (TPSA) is 21.3 Å². The number of benzene rings is 2. The molecule has 0 aromatic heterocycles. The number of rotatable bonds is 6. The normalized spacial score (nSPS) is 12.2. The first-order valence-corrected chi connectivity index (χ1v) is 7.29. The Bertz CT molecular complexity index is 586. The van der Waals surface area contributed by atoms with Gasteiger partial charge in [-0.3, -0.25) is 0 Å². The molecule has 1 unspecified atom stereocenters. The molecule has 21 heavy (non-hydrogen) atoms. The van der Waals surface area contributed by atoms with Gasteiger partial charge in [0.1, 0.15) is 18.2 Å². The van der Waals surface area contributed by atoms with Crippen LogP contribution in [0.25, 0.3) is 0 Å². The Morgan fingerprint density at radius 3 is 2.52 bits per heavy atom. The maximum Gasteiger partial charge on any atom is 0.145 e. The van der Waals surface area contributed by atoms with Crippen LogP contribution >= 0.6 is 11.6 Å². The zero-order chi connectivity index (χ0) is 15.2. The number of nitrogens with one attached hydrogen (secondary N) is 1. The molecule has 0 saturated carbocycles. The first-order chi connectivity index (χ1) is 10.1. The van der Waals surface area contributed by atoms with Gasteiger partial charge in [-0.25, -0.2) is 4.39 Å². The van der Waals surface area contributed by atoms with Crippen molar-refractivity contribution in [3.05, 3.63) is 64.4 Å². The lowest BCUT2D eigenvalue weighted by molar-refractivity contribution is 0.304. The van der Waals surface area contributed by atoms with Crippen molar-refractivity contribution in [2.75, 3.05) is 13.6 Å². The molecule has 0 aliphatic rings. The third-order valence-electron chi connectivity index (χ3n) is 3.36. The van der Waals surface area contributed by atoms with Crippen molar-refractivity contribution in [1.29, 1.82) is 0 Å². The van der Waals surface area contributed by atoms with Crippen LogP contribution in [0.15, 0.2) is 42.5 Å². The fraction of sp³-hybridized carbons (Fsp3) is 0.294. The maximum atomic E-state index is 13.3. The van der Waals surface area contributed by atoms with Crippen molar-refractivity contribution in [1.82, 2.24) is 5.32 Å². The van der Waals surface area contributed by atoms with E-state index in [0.717, 1.165) is 12.1 Å². The Hall–Kier alpha value is -1.58. The first kappa shape index (κ1) is 15.8. The molecule has 0 aliphatic carbocycles. The summed E-state index contributed by atoms with van der Waals surface area (Å²) in [6.45, 7) is 3.53. The van der Waals surface area contributed by atoms with E-state index in [9.17, 15) is 4.39 Å². The van der Waals surface area contributed by atoms with Gasteiger partial charge in [-0.05, 0) is 36.2 Å². The summed E-state index contributed by atoms with van der Waals surface area (Å²) in [4.78, 5) is 0. The minimum absolute atomic E-state index is 0.102. The summed E-state index contributed by atoms with van der Waals surface area (Å²) in [5, 5.41) is 3.27. The highest BCUT2D eigenvalue weighted by Gasteiger charge is 2.05. The summed E-state index contributed by atoms with van der Waals surface area (Å²) in [7, 11) is 1.95. The molecule has 0 fully saturated rings. The van der Waals surface area contributed by atoms with Crippen molar-refractivity contribution in [2.24, 2.45) is 0 Å². The first-order valence-electron chi connectivity index (χ1n) is 6.91. The van der Waals surface area contributed by atoms with Gasteiger partial charge in [0.25, 0.3) is 0 Å². The average Bonchev–Trinajstić information content (AvgIpc) is 2.49. The molecular weight excluding hydrogens is 289 g/mol. The van der Waals surface area contributed by atoms with Gasteiger partial charge < -0.3 is 10.1 Å². The number of likely N-dealkylation sites (N-methyl/N-ethyl adjacent to an activating group) is 1. The van der Waals surface area contributed by atoms with Crippen LogP contribution < -0.4 is 10.1 Å². The van der Waals surface area contributed by atoms with Gasteiger partial charge in [-0.2, -0.15) is 0 Å². The fourth-order valence-electron chi connectivity index (χ4n) is 2.10. The van der Waals surface area contributed by atoms with Crippen molar-refractivity contribution in [3.8, 4) is 5.75 Å². The van der Waals surface area contributed by atoms with E-state index in [-0.39, 0.29) is 5.02 Å². The summed E-state index contributed by atoms with van der Waals surface area (Å²) in [5.41, 5.74) is 2.33. The molecule has 1 atom stereocenters. The fourth-order valence-corrected chi connectivity index (χ4v) is 2.22. The smallest absolute Gasteiger partial charge is 0.145 e. The van der Waals surface area contributed by atoms with E-state index in [1.807, 2.05) is 19.2 Å². The van der Waals surface area contributed by atoms with Gasteiger partial charge in [0.2, 0.25) is 0 Å². The van der Waals surface area contributed by atoms with Crippen molar-refractivity contribution in [3.63, 3.8) is 0 Å². The van der Waals surface area contributed by atoms with E-state index in [0.29, 0.717) is 18.3 Å². The third kappa shape index (κ3) is 4.45. The predicted octanol–water partition coefficient (Wildman–Crippen LogP) is 4.38. The quantitative estimate of drug-likeness (QED) is 0.855. The lowest BCUT2D eigenvalue weighted by atomic mass is 10.00. The highest BCUT2D eigenvalue weighted by molar-refractivity contribution is 6.30. The molecule has 0 amide bonds. The van der Waals surface area contributed by atoms with Gasteiger partial charge in [-0.15, -0.1) is 0 Å². The Morgan fingerprint density at radius 2 is 1.90 bits per heavy atom. The highest BCUT2D eigenvalue weighted by Crippen LogP contribution is 2.21. The molecule has 0 spiro atoms. The molecule has 0 heterocycles. The molecule has 0 radical (unpaired) electrons. The average molecular weight is 308 g/mol. The van der Waals surface area contributed by atoms with Gasteiger partial charge >= 0.3 is 0 Å². The van der Waals surface area contributed by atoms with Crippen molar-refractivity contribution >= 4 is 11.6 Å². The van der Waals surface area contributed by atoms with Crippen LogP contribution in [0.3, 0.4) is 0 Å². The largest absolute Gasteiger partial charge is 0.489 e. The van der Waals surface area contributed by atoms with E-state index < -0.39 is 5.82 Å². The van der Waals surface area contributed by atoms with Crippen LogP contribution in [0.5, 0.6) is 5.75 Å². The van der Waals surface area contributed by atoms with Crippen molar-refractivity contribution in [2.45, 2.75) is 19.4 Å². The van der Waals surface area contributed by atoms with E-state index in [1.165, 1.54) is 17.7 Å². The number of halogens is 2. The minimum Gasteiger partial charge on any atom is -0.489 e. The standard InChI is InChI=1S/C17H19ClFNO/c1-12(10-20-2)14-5-3-13(4-6-14)11-21-15-7-8-16(18)17(19)9-15/h3-9,12,20H,10-11H2,1-2H3. The van der Waals surface area contributed by atoms with Crippen molar-refractivity contribution < 1.29 is 9.13 Å². The minimum atomic E-state index is -0.467. The number of ether oxygens (including phenoxy) is 1. The van der Waals surface area contributed by atoms with Crippen LogP contribution in [0.2, 0.25) is 5.02 Å². The summed E-state index contributed by atoms with van der Waals surface area (Å²) in [5.74, 6) is 0.477. The molecule has 0 bridgehead atoms. The molecule has 2 aromatic rings. The van der Waals surface area contributed by atoms with Gasteiger partial charge in [0, 0.05) is 12.6 Å². The number of hydrogen-bond acceptors (Lipinski definition) is 2. The summed E-state index contributed by atoms with van der Waals surface area (Å²) in [6.07, 6.45) is 0. The van der Waals surface area contributed by atoms with E-state index in [2.05, 4.69) is 24.4 Å². The molecular formula is C17H19ClFNO. The van der Waals surface area contributed by atoms with E-state index >= 15 is 0 Å². The van der Waals surface area contributed by atoms with E-state index in [4.69, 9.17) is 16.3 Å². The Labute approximate surface area is 129 Å². The lowest BCUT2D eigenvalue weighted by Crippen LogP contribution is -2.14. The highest BCUT2D eigenvalue weighted by atomic mass is 35.5. The molecule has 0 saturated heterocycles. The van der Waals surface area contributed by atoms with Gasteiger partial charge in [-0.1, -0.05) is 42.8 Å². The SMILES string of the molecule is CNCC(C)c1ccc(COc2ccc(Cl)c(F)c2)cc1. The van der Waals surface area contributed by atoms with Gasteiger partial charge in [0.05, 0.1) is 5.02 Å². The zero-order valence-corrected chi connectivity index (χ0v) is 13.0. The van der Waals surface area contributed by atoms with E-state index in [1.54, 1.807) is 6.07 Å². The second-order valence-electron chi connectivity index (χ2n) is 5.06. The van der Waals surface area contributed by atoms with Crippen LogP contribution in [-0.4, -0.2) is 13.6 Å². The maximum absolute atomic E-state index is 13.3. The molecule has 4 heteroatoms. The zero-order valence-electron chi connectivity index (χ0n) is 12.2. The molecule has 2 aromatic carbocycles. The Balaban J connectivity index is 1.95. The molecule has 2 nitrogen and oxygen atoms in total. The monoisotopic (exact) mass is 307 g/mol. The summed E-state index contributed by atoms with van der Waals surface area (Å²) < 4.78 is 18.9. The lowest BCUT2D eigenvalue weighted by Gasteiger charge is -2.12. The van der Waals surface area contributed by atoms with Gasteiger partial charge in [0.15, 0.2) is 0 Å². The molecule has 1 N–H and O–H groups in total. The van der Waals surface area contributed by atoms with Crippen LogP contribution in [-0.2, 0) is 6.61 Å². The summed E-state index contributed by atoms with van der Waals surface area (Å²) >= 11 is 5.63. The predicted molar refractivity (Wildman–Crippen MR) is 84.5 cm³/mol. The van der Waals surface area contributed by atoms with Crippen LogP contribution in [0.1, 0.15) is 24.0 Å². The second-order valence-corrected chi connectivity index (χ2v) is 5.47.